The zero-order chi connectivity index (χ0) is 22.7. The van der Waals surface area contributed by atoms with Gasteiger partial charge in [0.1, 0.15) is 11.6 Å². The summed E-state index contributed by atoms with van der Waals surface area (Å²) in [4.78, 5) is 12.4. The number of carbonyl (C=O) groups excluding carboxylic acids is 1. The third-order valence-corrected chi connectivity index (χ3v) is 6.03. The van der Waals surface area contributed by atoms with Crippen LogP contribution in [0, 0.1) is 11.6 Å². The first kappa shape index (κ1) is 22.4. The molecule has 0 bridgehead atoms. The number of hydrogen-bond donors (Lipinski definition) is 1. The first-order chi connectivity index (χ1) is 15.4. The van der Waals surface area contributed by atoms with Gasteiger partial charge < -0.3 is 5.32 Å². The number of nitrogens with one attached hydrogen (secondary N) is 1. The minimum absolute atomic E-state index is 0.0323. The second-order valence-corrected chi connectivity index (χ2v) is 8.88. The van der Waals surface area contributed by atoms with Gasteiger partial charge in [0.15, 0.2) is 11.0 Å². The molecule has 0 atom stereocenters. The molecule has 1 aromatic heterocycles. The molecule has 32 heavy (non-hydrogen) atoms. The Balaban J connectivity index is 1.60. The second kappa shape index (κ2) is 9.81. The molecule has 0 saturated carbocycles. The predicted octanol–water partition coefficient (Wildman–Crippen LogP) is 6.36. The van der Waals surface area contributed by atoms with Crippen LogP contribution in [0.25, 0.3) is 17.1 Å². The SMILES string of the molecule is O=C(CSc1nnc(-c2ccc(Cl)cc2)n1-c1ccc(F)cc1)Nc1ccc(Br)cc1F. The number of carbonyl (C=O) groups is 1. The highest BCUT2D eigenvalue weighted by atomic mass is 79.9. The van der Waals surface area contributed by atoms with Crippen molar-refractivity contribution in [2.75, 3.05) is 11.1 Å². The van der Waals surface area contributed by atoms with Gasteiger partial charge in [0.2, 0.25) is 5.91 Å². The minimum atomic E-state index is -0.544. The van der Waals surface area contributed by atoms with Gasteiger partial charge in [-0.05, 0) is 66.7 Å². The van der Waals surface area contributed by atoms with Crippen molar-refractivity contribution >= 4 is 50.9 Å². The molecule has 10 heteroatoms. The Morgan fingerprint density at radius 2 is 1.75 bits per heavy atom. The third-order valence-electron chi connectivity index (χ3n) is 4.36. The summed E-state index contributed by atoms with van der Waals surface area (Å²) in [7, 11) is 0. The van der Waals surface area contributed by atoms with Crippen molar-refractivity contribution < 1.29 is 13.6 Å². The second-order valence-electron chi connectivity index (χ2n) is 6.59. The van der Waals surface area contributed by atoms with E-state index in [1.165, 1.54) is 24.3 Å². The lowest BCUT2D eigenvalue weighted by atomic mass is 10.2. The molecule has 0 aliphatic carbocycles. The van der Waals surface area contributed by atoms with Crippen LogP contribution in [0.3, 0.4) is 0 Å². The topological polar surface area (TPSA) is 59.8 Å². The van der Waals surface area contributed by atoms with Crippen LogP contribution in [0.2, 0.25) is 5.02 Å². The van der Waals surface area contributed by atoms with Crippen molar-refractivity contribution in [3.8, 4) is 17.1 Å². The lowest BCUT2D eigenvalue weighted by Gasteiger charge is -2.11. The Morgan fingerprint density at radius 1 is 1.03 bits per heavy atom. The lowest BCUT2D eigenvalue weighted by molar-refractivity contribution is -0.113. The Bertz CT molecular complexity index is 1270. The monoisotopic (exact) mass is 534 g/mol. The van der Waals surface area contributed by atoms with Crippen LogP contribution in [0.4, 0.5) is 14.5 Å². The van der Waals surface area contributed by atoms with E-state index in [1.807, 2.05) is 0 Å². The standard InChI is InChI=1S/C22H14BrClF2N4OS/c23-14-3-10-19(18(26)11-14)27-20(31)12-32-22-29-28-21(13-1-4-15(24)5-2-13)30(22)17-8-6-16(25)7-9-17/h1-11H,12H2,(H,27,31). The summed E-state index contributed by atoms with van der Waals surface area (Å²) in [6.07, 6.45) is 0. The van der Waals surface area contributed by atoms with E-state index in [0.717, 1.165) is 17.3 Å². The molecule has 0 aliphatic heterocycles. The van der Waals surface area contributed by atoms with Gasteiger partial charge in [-0.2, -0.15) is 0 Å². The normalized spacial score (nSPS) is 10.9. The van der Waals surface area contributed by atoms with Gasteiger partial charge in [0.25, 0.3) is 0 Å². The summed E-state index contributed by atoms with van der Waals surface area (Å²) < 4.78 is 29.8. The predicted molar refractivity (Wildman–Crippen MR) is 125 cm³/mol. The molecular weight excluding hydrogens is 522 g/mol. The number of halogens is 4. The molecule has 0 radical (unpaired) electrons. The summed E-state index contributed by atoms with van der Waals surface area (Å²) in [5.74, 6) is -0.847. The molecule has 4 aromatic rings. The van der Waals surface area contributed by atoms with Crippen LogP contribution < -0.4 is 5.32 Å². The zero-order valence-corrected chi connectivity index (χ0v) is 19.4. The van der Waals surface area contributed by atoms with Gasteiger partial charge in [-0.1, -0.05) is 39.3 Å². The average molecular weight is 536 g/mol. The largest absolute Gasteiger partial charge is 0.323 e. The van der Waals surface area contributed by atoms with Crippen LogP contribution in [0.1, 0.15) is 0 Å². The number of nitrogens with zero attached hydrogens (tertiary/aromatic N) is 3. The lowest BCUT2D eigenvalue weighted by Crippen LogP contribution is -2.15. The van der Waals surface area contributed by atoms with Crippen molar-refractivity contribution in [2.24, 2.45) is 0 Å². The maximum absolute atomic E-state index is 14.0. The maximum atomic E-state index is 14.0. The summed E-state index contributed by atoms with van der Waals surface area (Å²) in [6.45, 7) is 0. The molecule has 0 aliphatic rings. The molecule has 0 fully saturated rings. The average Bonchev–Trinajstić information content (AvgIpc) is 3.19. The Hall–Kier alpha value is -2.75. The molecule has 162 valence electrons. The quantitative estimate of drug-likeness (QED) is 0.292. The van der Waals surface area contributed by atoms with E-state index in [4.69, 9.17) is 11.6 Å². The van der Waals surface area contributed by atoms with Crippen LogP contribution in [0.5, 0.6) is 0 Å². The van der Waals surface area contributed by atoms with Gasteiger partial charge in [-0.25, -0.2) is 8.78 Å². The highest BCUT2D eigenvalue weighted by Gasteiger charge is 2.18. The Morgan fingerprint density at radius 3 is 2.44 bits per heavy atom. The molecule has 0 saturated heterocycles. The first-order valence-corrected chi connectivity index (χ1v) is 11.4. The number of hydrogen-bond acceptors (Lipinski definition) is 4. The van der Waals surface area contributed by atoms with Crippen molar-refractivity contribution in [3.63, 3.8) is 0 Å². The van der Waals surface area contributed by atoms with Crippen LogP contribution in [-0.2, 0) is 4.79 Å². The van der Waals surface area contributed by atoms with E-state index in [-0.39, 0.29) is 17.3 Å². The van der Waals surface area contributed by atoms with Crippen molar-refractivity contribution in [1.82, 2.24) is 14.8 Å². The van der Waals surface area contributed by atoms with E-state index >= 15 is 0 Å². The highest BCUT2D eigenvalue weighted by Crippen LogP contribution is 2.29. The van der Waals surface area contributed by atoms with E-state index in [2.05, 4.69) is 31.4 Å². The molecular formula is C22H14BrClF2N4OS. The fraction of sp³-hybridized carbons (Fsp3) is 0.0455. The van der Waals surface area contributed by atoms with Crippen LogP contribution in [0.15, 0.2) is 76.4 Å². The first-order valence-electron chi connectivity index (χ1n) is 9.26. The highest BCUT2D eigenvalue weighted by molar-refractivity contribution is 9.10. The van der Waals surface area contributed by atoms with Crippen molar-refractivity contribution in [2.45, 2.75) is 5.16 Å². The van der Waals surface area contributed by atoms with E-state index < -0.39 is 11.7 Å². The third kappa shape index (κ3) is 5.17. The smallest absolute Gasteiger partial charge is 0.234 e. The van der Waals surface area contributed by atoms with Crippen LogP contribution >= 0.6 is 39.3 Å². The summed E-state index contributed by atoms with van der Waals surface area (Å²) in [6, 6.07) is 17.3. The van der Waals surface area contributed by atoms with Crippen molar-refractivity contribution in [1.29, 1.82) is 0 Å². The van der Waals surface area contributed by atoms with Gasteiger partial charge >= 0.3 is 0 Å². The molecule has 0 spiro atoms. The number of thioether (sulfide) groups is 1. The number of rotatable bonds is 6. The molecule has 5 nitrogen and oxygen atoms in total. The van der Waals surface area contributed by atoms with Gasteiger partial charge in [-0.15, -0.1) is 10.2 Å². The molecule has 4 rings (SSSR count). The molecule has 0 unspecified atom stereocenters. The summed E-state index contributed by atoms with van der Waals surface area (Å²) >= 11 is 10.3. The Labute approximate surface area is 199 Å². The number of benzene rings is 3. The summed E-state index contributed by atoms with van der Waals surface area (Å²) in [5, 5.41) is 12.0. The number of anilines is 1. The van der Waals surface area contributed by atoms with Gasteiger partial charge in [-0.3, -0.25) is 9.36 Å². The fourth-order valence-corrected chi connectivity index (χ4v) is 4.09. The molecule has 1 N–H and O–H groups in total. The van der Waals surface area contributed by atoms with Crippen LogP contribution in [-0.4, -0.2) is 26.4 Å². The van der Waals surface area contributed by atoms with Crippen molar-refractivity contribution in [3.05, 3.63) is 87.9 Å². The minimum Gasteiger partial charge on any atom is -0.323 e. The van der Waals surface area contributed by atoms with Gasteiger partial charge in [0, 0.05) is 20.7 Å². The zero-order valence-electron chi connectivity index (χ0n) is 16.2. The maximum Gasteiger partial charge on any atom is 0.234 e. The van der Waals surface area contributed by atoms with E-state index in [9.17, 15) is 13.6 Å². The summed E-state index contributed by atoms with van der Waals surface area (Å²) in [5.41, 5.74) is 1.46. The van der Waals surface area contributed by atoms with Gasteiger partial charge in [0.05, 0.1) is 11.4 Å². The number of amides is 1. The Kier molecular flexibility index (Phi) is 6.88. The fourth-order valence-electron chi connectivity index (χ4n) is 2.88. The molecule has 1 amide bonds. The van der Waals surface area contributed by atoms with E-state index in [1.54, 1.807) is 47.0 Å². The molecule has 1 heterocycles. The van der Waals surface area contributed by atoms with E-state index in [0.29, 0.717) is 26.2 Å². The molecule has 3 aromatic carbocycles. The number of aromatic nitrogens is 3.